The van der Waals surface area contributed by atoms with Gasteiger partial charge in [-0.1, -0.05) is 218 Å². The van der Waals surface area contributed by atoms with E-state index in [2.05, 4.69) is 417 Å². The first-order valence-corrected chi connectivity index (χ1v) is 61.6. The van der Waals surface area contributed by atoms with E-state index in [9.17, 15) is 20.8 Å². The normalized spacial score (nSPS) is 9.53. The fraction of sp³-hybridized carbons (Fsp3) is 0. The maximum atomic E-state index is 10.4. The molecule has 114 heavy (non-hydrogen) atoms. The van der Waals surface area contributed by atoms with E-state index >= 15 is 0 Å². The Morgan fingerprint density at radius 3 is 0.184 bits per heavy atom. The van der Waals surface area contributed by atoms with Crippen LogP contribution in [0.15, 0.2) is 364 Å². The molecule has 0 spiro atoms. The molecule has 0 unspecified atom stereocenters. The second-order valence-corrected chi connectivity index (χ2v) is 45.2. The van der Waals surface area contributed by atoms with Crippen LogP contribution in [0.4, 0.5) is 20.8 Å². The summed E-state index contributed by atoms with van der Waals surface area (Å²) in [5.74, 6) is 0. The summed E-state index contributed by atoms with van der Waals surface area (Å²) in [6.07, 6.45) is 0. The van der Waals surface area contributed by atoms with Crippen molar-refractivity contribution < 1.29 is 92.4 Å². The van der Waals surface area contributed by atoms with Crippen molar-refractivity contribution in [2.75, 3.05) is 0 Å². The fourth-order valence-electron chi connectivity index (χ4n) is 4.98. The van der Waals surface area contributed by atoms with Crippen molar-refractivity contribution in [3.8, 4) is 0 Å². The zero-order valence-corrected chi connectivity index (χ0v) is 95.1. The van der Waals surface area contributed by atoms with Gasteiger partial charge in [0, 0.05) is 42.8 Å². The molecule has 12 aromatic carbocycles. The maximum absolute atomic E-state index is 10.4. The predicted octanol–water partition coefficient (Wildman–Crippen LogP) is 20.3. The van der Waals surface area contributed by atoms with Crippen LogP contribution < -0.4 is 0 Å². The van der Waals surface area contributed by atoms with Crippen molar-refractivity contribution in [2.45, 2.75) is 0 Å². The third-order valence-electron chi connectivity index (χ3n) is 8.80. The van der Waals surface area contributed by atoms with Gasteiger partial charge in [-0.25, -0.2) is 0 Å². The SMILES string of the molecule is Ic1ccccc1.Ic1ccccc1.Ic1ccccc1.Ic1ccccc1.Ic1ccccc1.Ic1ccccc1.Ic1ccccc1.Ic1ccccc1.Ic1ccccc1.Ic1ccccc1.Ic1ccccc1.Ic1ccccc1.O=[As](O)(O)F.O=[As](O)(O)F.O=[As](O)(O)F.O=[As](O)(O)F.O=[As](O)(O)F.O=[As](O)(O)F. The Balaban J connectivity index is -0.000000271. The Morgan fingerprint density at radius 1 is 0.132 bits per heavy atom. The Hall–Kier alpha value is 0.651. The van der Waals surface area contributed by atoms with Gasteiger partial charge in [-0.15, -0.1) is 0 Å². The van der Waals surface area contributed by atoms with Crippen LogP contribution in [-0.2, 0) is 22.4 Å². The van der Waals surface area contributed by atoms with Gasteiger partial charge >= 0.3 is 180 Å². The molecule has 12 N–H and O–H groups in total. The van der Waals surface area contributed by atoms with Crippen LogP contribution in [0.5, 0.6) is 0 Å². The number of halogens is 18. The second-order valence-electron chi connectivity index (χ2n) is 18.4. The zero-order chi connectivity index (χ0) is 88.4. The van der Waals surface area contributed by atoms with E-state index in [1.54, 1.807) is 0 Å². The average Bonchev–Trinajstić information content (AvgIpc) is 1.05. The van der Waals surface area contributed by atoms with Crippen LogP contribution in [0.1, 0.15) is 0 Å². The van der Waals surface area contributed by atoms with Gasteiger partial charge in [0.25, 0.3) is 0 Å². The summed E-state index contributed by atoms with van der Waals surface area (Å²) in [6, 6.07) is 123. The number of hydrogen-bond acceptors (Lipinski definition) is 6. The van der Waals surface area contributed by atoms with Crippen molar-refractivity contribution in [3.63, 3.8) is 0 Å². The molecule has 0 aliphatic carbocycles. The molecule has 0 fully saturated rings. The molecule has 12 aromatic rings. The number of hydrogen-bond donors (Lipinski definition) is 12. The molecular weight excluding hydrogens is 3240 g/mol. The Labute approximate surface area is 843 Å². The van der Waals surface area contributed by atoms with Gasteiger partial charge in [-0.05, 0) is 417 Å². The summed E-state index contributed by atoms with van der Waals surface area (Å²) < 4.78 is 215. The fourth-order valence-corrected chi connectivity index (χ4v) is 9.96. The quantitative estimate of drug-likeness (QED) is 0.0381. The van der Waals surface area contributed by atoms with Gasteiger partial charge in [0.1, 0.15) is 0 Å². The van der Waals surface area contributed by atoms with Crippen molar-refractivity contribution in [1.82, 2.24) is 0 Å². The predicted molar refractivity (Wildman–Crippen MR) is 542 cm³/mol. The summed E-state index contributed by atoms with van der Waals surface area (Å²) in [5.41, 5.74) is 0. The monoisotopic (exact) mass is 3310 g/mol. The molecule has 0 saturated heterocycles. The molecular formula is C72H72As6F6I12O18. The van der Waals surface area contributed by atoms with Gasteiger partial charge in [0.05, 0.1) is 0 Å². The Bertz CT molecular complexity index is 3410. The van der Waals surface area contributed by atoms with Crippen molar-refractivity contribution in [1.29, 1.82) is 0 Å². The van der Waals surface area contributed by atoms with Gasteiger partial charge in [0.15, 0.2) is 0 Å². The first-order chi connectivity index (χ1) is 52.7. The standard InChI is InChI=1S/12C6H5I.6AsFH2O3/c12*7-6-4-2-1-3-5-6;6*2-1(3,4)5/h12*1-5H;6*(H2,3,4,5). The third-order valence-corrected chi connectivity index (χ3v) is 17.4. The van der Waals surface area contributed by atoms with Gasteiger partial charge in [0.2, 0.25) is 0 Å². The third kappa shape index (κ3) is 150. The molecule has 12 rings (SSSR count). The summed E-state index contributed by atoms with van der Waals surface area (Å²) >= 11 is -6.39. The van der Waals surface area contributed by atoms with Gasteiger partial charge in [-0.3, -0.25) is 0 Å². The molecule has 0 bridgehead atoms. The van der Waals surface area contributed by atoms with E-state index in [0.29, 0.717) is 0 Å². The number of benzene rings is 12. The average molecular weight is 3310 g/mol. The van der Waals surface area contributed by atoms with Crippen molar-refractivity contribution >= 4 is 359 Å². The molecule has 0 aliphatic heterocycles. The molecule has 0 heterocycles. The summed E-state index contributed by atoms with van der Waals surface area (Å²) in [4.78, 5) is 0. The topological polar surface area (TPSA) is 345 Å². The van der Waals surface area contributed by atoms with Crippen molar-refractivity contribution in [3.05, 3.63) is 407 Å². The molecule has 18 nitrogen and oxygen atoms in total. The molecule has 0 saturated carbocycles. The molecule has 0 aliphatic rings. The second kappa shape index (κ2) is 82.0. The van der Waals surface area contributed by atoms with E-state index < -0.39 is 87.9 Å². The van der Waals surface area contributed by atoms with E-state index in [-0.39, 0.29) is 0 Å². The minimum absolute atomic E-state index is 1.29. The van der Waals surface area contributed by atoms with Crippen LogP contribution in [0.2, 0.25) is 0 Å². The molecule has 624 valence electrons. The minimum atomic E-state index is -5.62. The van der Waals surface area contributed by atoms with Gasteiger partial charge < -0.3 is 0 Å². The van der Waals surface area contributed by atoms with E-state index in [1.165, 1.54) is 42.8 Å². The van der Waals surface area contributed by atoms with E-state index in [1.807, 2.05) is 218 Å². The van der Waals surface area contributed by atoms with Crippen molar-refractivity contribution in [2.24, 2.45) is 0 Å². The van der Waals surface area contributed by atoms with Gasteiger partial charge in [-0.2, -0.15) is 0 Å². The Kier molecular flexibility index (Phi) is 90.2. The van der Waals surface area contributed by atoms with Crippen LogP contribution in [0.25, 0.3) is 0 Å². The van der Waals surface area contributed by atoms with Crippen LogP contribution in [0, 0.1) is 42.8 Å². The van der Waals surface area contributed by atoms with E-state index in [4.69, 9.17) is 71.6 Å². The van der Waals surface area contributed by atoms with Crippen LogP contribution in [0.3, 0.4) is 0 Å². The molecule has 0 atom stereocenters. The van der Waals surface area contributed by atoms with E-state index in [0.717, 1.165) is 0 Å². The zero-order valence-electron chi connectivity index (χ0n) is 57.9. The molecule has 0 amide bonds. The first-order valence-electron chi connectivity index (χ1n) is 29.7. The van der Waals surface area contributed by atoms with Crippen LogP contribution in [-0.4, -0.2) is 137 Å². The number of rotatable bonds is 0. The first kappa shape index (κ1) is 125. The summed E-state index contributed by atoms with van der Waals surface area (Å²) in [5, 5.41) is 0. The Morgan fingerprint density at radius 2 is 0.167 bits per heavy atom. The molecule has 0 radical (unpaired) electrons. The summed E-state index contributed by atoms with van der Waals surface area (Å²) in [7, 11) is 0. The summed E-state index contributed by atoms with van der Waals surface area (Å²) in [6.45, 7) is 0. The van der Waals surface area contributed by atoms with Crippen LogP contribution >= 0.6 is 271 Å². The molecule has 42 heteroatoms. The molecule has 0 aromatic heterocycles.